The number of nitrogen functional groups attached to an aromatic ring is 1. The highest BCUT2D eigenvalue weighted by Crippen LogP contribution is 2.30. The predicted molar refractivity (Wildman–Crippen MR) is 91.7 cm³/mol. The van der Waals surface area contributed by atoms with Crippen molar-refractivity contribution >= 4 is 5.69 Å². The molecule has 0 radical (unpaired) electrons. The number of anilines is 1. The summed E-state index contributed by atoms with van der Waals surface area (Å²) in [5.41, 5.74) is 8.56. The van der Waals surface area contributed by atoms with E-state index in [1.807, 2.05) is 42.3 Å². The van der Waals surface area contributed by atoms with Crippen molar-refractivity contribution in [3.05, 3.63) is 53.6 Å². The molecule has 3 N–H and O–H groups in total. The van der Waals surface area contributed by atoms with E-state index in [4.69, 9.17) is 15.2 Å². The second-order valence-corrected chi connectivity index (χ2v) is 5.53. The number of hydrogen-bond donors (Lipinski definition) is 2. The van der Waals surface area contributed by atoms with Crippen LogP contribution in [-0.4, -0.2) is 37.8 Å². The standard InChI is InChI=1S/C18H24N2O3/c1-20(11-14-6-4-5-7-15(14)19)12-16(21)13-8-9-17(22-2)18(10-13)23-3/h4-10,16,21H,11-12,19H2,1-3H3. The summed E-state index contributed by atoms with van der Waals surface area (Å²) >= 11 is 0. The molecule has 0 amide bonds. The van der Waals surface area contributed by atoms with E-state index in [0.717, 1.165) is 16.8 Å². The molecule has 0 saturated carbocycles. The molecule has 1 unspecified atom stereocenters. The zero-order valence-electron chi connectivity index (χ0n) is 13.8. The summed E-state index contributed by atoms with van der Waals surface area (Å²) in [5.74, 6) is 1.26. The summed E-state index contributed by atoms with van der Waals surface area (Å²) in [4.78, 5) is 2.03. The van der Waals surface area contributed by atoms with Crippen LogP contribution in [0.1, 0.15) is 17.2 Å². The Kier molecular flexibility index (Phi) is 5.84. The molecule has 2 aromatic carbocycles. The van der Waals surface area contributed by atoms with Gasteiger partial charge in [-0.25, -0.2) is 0 Å². The highest BCUT2D eigenvalue weighted by atomic mass is 16.5. The van der Waals surface area contributed by atoms with Gasteiger partial charge in [-0.1, -0.05) is 24.3 Å². The number of aliphatic hydroxyl groups is 1. The van der Waals surface area contributed by atoms with Crippen molar-refractivity contribution in [2.24, 2.45) is 0 Å². The van der Waals surface area contributed by atoms with Gasteiger partial charge in [0, 0.05) is 18.8 Å². The Morgan fingerprint density at radius 3 is 2.43 bits per heavy atom. The average Bonchev–Trinajstić information content (AvgIpc) is 2.56. The summed E-state index contributed by atoms with van der Waals surface area (Å²) in [7, 11) is 5.13. The molecule has 0 fully saturated rings. The molecule has 2 rings (SSSR count). The molecule has 124 valence electrons. The maximum atomic E-state index is 10.5. The molecule has 0 heterocycles. The van der Waals surface area contributed by atoms with Crippen LogP contribution >= 0.6 is 0 Å². The highest BCUT2D eigenvalue weighted by Gasteiger charge is 2.14. The number of para-hydroxylation sites is 1. The lowest BCUT2D eigenvalue weighted by Gasteiger charge is -2.22. The fourth-order valence-corrected chi connectivity index (χ4v) is 2.49. The lowest BCUT2D eigenvalue weighted by atomic mass is 10.1. The number of nitrogens with two attached hydrogens (primary N) is 1. The van der Waals surface area contributed by atoms with Crippen molar-refractivity contribution in [3.8, 4) is 11.5 Å². The van der Waals surface area contributed by atoms with Crippen LogP contribution < -0.4 is 15.2 Å². The van der Waals surface area contributed by atoms with Crippen LogP contribution in [0.15, 0.2) is 42.5 Å². The molecule has 5 nitrogen and oxygen atoms in total. The summed E-state index contributed by atoms with van der Waals surface area (Å²) < 4.78 is 10.5. The van der Waals surface area contributed by atoms with Gasteiger partial charge in [0.15, 0.2) is 11.5 Å². The first-order valence-corrected chi connectivity index (χ1v) is 7.47. The normalized spacial score (nSPS) is 12.2. The molecule has 2 aromatic rings. The molecule has 0 aromatic heterocycles. The zero-order chi connectivity index (χ0) is 16.8. The van der Waals surface area contributed by atoms with Gasteiger partial charge in [-0.15, -0.1) is 0 Å². The van der Waals surface area contributed by atoms with Gasteiger partial charge in [0.25, 0.3) is 0 Å². The first kappa shape index (κ1) is 17.1. The Bertz CT molecular complexity index is 646. The minimum atomic E-state index is -0.621. The first-order valence-electron chi connectivity index (χ1n) is 7.47. The molecule has 0 spiro atoms. The quantitative estimate of drug-likeness (QED) is 0.768. The molecular weight excluding hydrogens is 292 g/mol. The van der Waals surface area contributed by atoms with Gasteiger partial charge >= 0.3 is 0 Å². The Balaban J connectivity index is 2.03. The van der Waals surface area contributed by atoms with E-state index in [9.17, 15) is 5.11 Å². The van der Waals surface area contributed by atoms with Gasteiger partial charge in [-0.2, -0.15) is 0 Å². The van der Waals surface area contributed by atoms with Crippen LogP contribution in [0.3, 0.4) is 0 Å². The Morgan fingerprint density at radius 2 is 1.78 bits per heavy atom. The number of nitrogens with zero attached hydrogens (tertiary/aromatic N) is 1. The van der Waals surface area contributed by atoms with Gasteiger partial charge in [0.05, 0.1) is 20.3 Å². The smallest absolute Gasteiger partial charge is 0.161 e. The van der Waals surface area contributed by atoms with Crippen LogP contribution in [0.5, 0.6) is 11.5 Å². The largest absolute Gasteiger partial charge is 0.493 e. The van der Waals surface area contributed by atoms with Crippen LogP contribution in [0.2, 0.25) is 0 Å². The minimum absolute atomic E-state index is 0.490. The number of ether oxygens (including phenoxy) is 2. The first-order chi connectivity index (χ1) is 11.0. The van der Waals surface area contributed by atoms with E-state index in [-0.39, 0.29) is 0 Å². The number of likely N-dealkylation sites (N-methyl/N-ethyl adjacent to an activating group) is 1. The molecule has 0 saturated heterocycles. The molecule has 0 aliphatic carbocycles. The third-order valence-electron chi connectivity index (χ3n) is 3.77. The lowest BCUT2D eigenvalue weighted by Crippen LogP contribution is -2.24. The maximum absolute atomic E-state index is 10.5. The number of hydrogen-bond acceptors (Lipinski definition) is 5. The third-order valence-corrected chi connectivity index (χ3v) is 3.77. The van der Waals surface area contributed by atoms with Gasteiger partial charge in [-0.05, 0) is 36.4 Å². The van der Waals surface area contributed by atoms with E-state index in [1.165, 1.54) is 0 Å². The number of benzene rings is 2. The molecule has 0 aliphatic heterocycles. The number of rotatable bonds is 7. The van der Waals surface area contributed by atoms with E-state index < -0.39 is 6.10 Å². The van der Waals surface area contributed by atoms with E-state index in [2.05, 4.69) is 0 Å². The van der Waals surface area contributed by atoms with Gasteiger partial charge in [0.1, 0.15) is 0 Å². The van der Waals surface area contributed by atoms with Crippen molar-refractivity contribution < 1.29 is 14.6 Å². The van der Waals surface area contributed by atoms with Crippen LogP contribution in [-0.2, 0) is 6.54 Å². The summed E-state index contributed by atoms with van der Waals surface area (Å²) in [6.07, 6.45) is -0.621. The molecule has 0 aliphatic rings. The maximum Gasteiger partial charge on any atom is 0.161 e. The topological polar surface area (TPSA) is 68.0 Å². The van der Waals surface area contributed by atoms with Gasteiger partial charge in [0.2, 0.25) is 0 Å². The van der Waals surface area contributed by atoms with Crippen molar-refractivity contribution in [1.82, 2.24) is 4.90 Å². The molecule has 5 heteroatoms. The summed E-state index contributed by atoms with van der Waals surface area (Å²) in [5, 5.41) is 10.5. The van der Waals surface area contributed by atoms with Crippen LogP contribution in [0.25, 0.3) is 0 Å². The third kappa shape index (κ3) is 4.37. The second kappa shape index (κ2) is 7.85. The molecule has 1 atom stereocenters. The van der Waals surface area contributed by atoms with Gasteiger partial charge < -0.3 is 20.3 Å². The highest BCUT2D eigenvalue weighted by molar-refractivity contribution is 5.46. The number of methoxy groups -OCH3 is 2. The molecule has 23 heavy (non-hydrogen) atoms. The Morgan fingerprint density at radius 1 is 1.09 bits per heavy atom. The van der Waals surface area contributed by atoms with E-state index in [1.54, 1.807) is 26.4 Å². The van der Waals surface area contributed by atoms with Crippen molar-refractivity contribution in [1.29, 1.82) is 0 Å². The minimum Gasteiger partial charge on any atom is -0.493 e. The number of aliphatic hydroxyl groups excluding tert-OH is 1. The molecular formula is C18H24N2O3. The van der Waals surface area contributed by atoms with Crippen molar-refractivity contribution in [3.63, 3.8) is 0 Å². The molecule has 0 bridgehead atoms. The van der Waals surface area contributed by atoms with Crippen LogP contribution in [0, 0.1) is 0 Å². The predicted octanol–water partition coefficient (Wildman–Crippen LogP) is 2.45. The Labute approximate surface area is 137 Å². The van der Waals surface area contributed by atoms with Gasteiger partial charge in [-0.3, -0.25) is 4.90 Å². The van der Waals surface area contributed by atoms with E-state index >= 15 is 0 Å². The summed E-state index contributed by atoms with van der Waals surface area (Å²) in [6, 6.07) is 13.2. The zero-order valence-corrected chi connectivity index (χ0v) is 13.8. The lowest BCUT2D eigenvalue weighted by molar-refractivity contribution is 0.123. The second-order valence-electron chi connectivity index (χ2n) is 5.53. The fraction of sp³-hybridized carbons (Fsp3) is 0.333. The Hall–Kier alpha value is -2.24. The van der Waals surface area contributed by atoms with E-state index in [0.29, 0.717) is 24.6 Å². The van der Waals surface area contributed by atoms with Crippen molar-refractivity contribution in [2.75, 3.05) is 33.5 Å². The SMILES string of the molecule is COc1ccc(C(O)CN(C)Cc2ccccc2N)cc1OC. The fourth-order valence-electron chi connectivity index (χ4n) is 2.49. The van der Waals surface area contributed by atoms with Crippen molar-refractivity contribution in [2.45, 2.75) is 12.6 Å². The average molecular weight is 316 g/mol. The summed E-state index contributed by atoms with van der Waals surface area (Å²) in [6.45, 7) is 1.17. The monoisotopic (exact) mass is 316 g/mol. The van der Waals surface area contributed by atoms with Crippen LogP contribution in [0.4, 0.5) is 5.69 Å².